The van der Waals surface area contributed by atoms with Gasteiger partial charge in [-0.1, -0.05) is 42.5 Å². The standard InChI is InChI=1S/C30H25F3N2O5/c31-30(32,33)21-9-5-10-22(16-21)34-26(36)17-40-29(39)20-8-4-11-23(14-20)35-27(37)24-13-12-19(15-25(24)28(35)38)18-6-2-1-3-7-18/h1-11,14,16,19,24-25H,12-13,15,17H2,(H,34,36)/t19-,24+,25-/m0/s1. The maximum Gasteiger partial charge on any atom is 0.416 e. The van der Waals surface area contributed by atoms with Crippen LogP contribution in [0.4, 0.5) is 24.5 Å². The molecule has 206 valence electrons. The smallest absolute Gasteiger partial charge is 0.416 e. The van der Waals surface area contributed by atoms with Gasteiger partial charge in [-0.15, -0.1) is 0 Å². The number of imide groups is 1. The summed E-state index contributed by atoms with van der Waals surface area (Å²) in [5.74, 6) is -2.99. The van der Waals surface area contributed by atoms with E-state index < -0.39 is 42.1 Å². The first-order valence-corrected chi connectivity index (χ1v) is 12.8. The molecule has 0 bridgehead atoms. The van der Waals surface area contributed by atoms with Gasteiger partial charge >= 0.3 is 12.1 Å². The molecule has 1 aliphatic carbocycles. The monoisotopic (exact) mass is 550 g/mol. The van der Waals surface area contributed by atoms with Gasteiger partial charge in [0.25, 0.3) is 5.91 Å². The van der Waals surface area contributed by atoms with E-state index in [1.54, 1.807) is 6.07 Å². The minimum Gasteiger partial charge on any atom is -0.452 e. The van der Waals surface area contributed by atoms with Crippen LogP contribution in [-0.2, 0) is 25.3 Å². The minimum absolute atomic E-state index is 0.0157. The summed E-state index contributed by atoms with van der Waals surface area (Å²) in [6, 6.07) is 19.8. The summed E-state index contributed by atoms with van der Waals surface area (Å²) in [4.78, 5) is 52.5. The molecule has 0 radical (unpaired) electrons. The van der Waals surface area contributed by atoms with E-state index in [1.807, 2.05) is 30.3 Å². The largest absolute Gasteiger partial charge is 0.452 e. The fourth-order valence-electron chi connectivity index (χ4n) is 5.42. The Kier molecular flexibility index (Phi) is 7.42. The maximum atomic E-state index is 13.3. The molecule has 5 rings (SSSR count). The summed E-state index contributed by atoms with van der Waals surface area (Å²) in [5.41, 5.74) is 0.368. The van der Waals surface area contributed by atoms with Crippen LogP contribution < -0.4 is 10.2 Å². The number of ether oxygens (including phenoxy) is 1. The van der Waals surface area contributed by atoms with Gasteiger partial charge in [-0.3, -0.25) is 19.3 Å². The van der Waals surface area contributed by atoms with Crippen molar-refractivity contribution in [2.24, 2.45) is 11.8 Å². The predicted molar refractivity (Wildman–Crippen MR) is 139 cm³/mol. The Morgan fingerprint density at radius 2 is 1.60 bits per heavy atom. The lowest BCUT2D eigenvalue weighted by molar-refractivity contribution is -0.137. The summed E-state index contributed by atoms with van der Waals surface area (Å²) in [5, 5.41) is 2.26. The first-order valence-electron chi connectivity index (χ1n) is 12.8. The van der Waals surface area contributed by atoms with Gasteiger partial charge in [-0.2, -0.15) is 13.2 Å². The van der Waals surface area contributed by atoms with Gasteiger partial charge in [0.15, 0.2) is 6.61 Å². The van der Waals surface area contributed by atoms with Crippen molar-refractivity contribution in [3.05, 3.63) is 95.6 Å². The highest BCUT2D eigenvalue weighted by molar-refractivity contribution is 6.22. The lowest BCUT2D eigenvalue weighted by Crippen LogP contribution is -2.31. The van der Waals surface area contributed by atoms with Crippen LogP contribution in [0.5, 0.6) is 0 Å². The van der Waals surface area contributed by atoms with E-state index in [0.29, 0.717) is 12.8 Å². The fraction of sp³-hybridized carbons (Fsp3) is 0.267. The van der Waals surface area contributed by atoms with Crippen molar-refractivity contribution in [1.82, 2.24) is 0 Å². The summed E-state index contributed by atoms with van der Waals surface area (Å²) in [7, 11) is 0. The van der Waals surface area contributed by atoms with Crippen molar-refractivity contribution in [2.45, 2.75) is 31.4 Å². The summed E-state index contributed by atoms with van der Waals surface area (Å²) >= 11 is 0. The zero-order chi connectivity index (χ0) is 28.4. The van der Waals surface area contributed by atoms with Crippen molar-refractivity contribution in [3.63, 3.8) is 0 Å². The molecule has 0 aromatic heterocycles. The molecule has 2 aliphatic rings. The zero-order valence-corrected chi connectivity index (χ0v) is 21.2. The van der Waals surface area contributed by atoms with Gasteiger partial charge in [0.2, 0.25) is 11.8 Å². The molecule has 3 amide bonds. The molecular formula is C30H25F3N2O5. The molecule has 1 aliphatic heterocycles. The van der Waals surface area contributed by atoms with Crippen LogP contribution in [0.1, 0.15) is 46.7 Å². The summed E-state index contributed by atoms with van der Waals surface area (Å²) in [6.45, 7) is -0.744. The lowest BCUT2D eigenvalue weighted by Gasteiger charge is -2.28. The number of fused-ring (bicyclic) bond motifs is 1. The Morgan fingerprint density at radius 1 is 0.875 bits per heavy atom. The van der Waals surface area contributed by atoms with Crippen LogP contribution in [0.3, 0.4) is 0 Å². The molecule has 1 heterocycles. The molecule has 7 nitrogen and oxygen atoms in total. The number of alkyl halides is 3. The van der Waals surface area contributed by atoms with Crippen LogP contribution in [0, 0.1) is 11.8 Å². The highest BCUT2D eigenvalue weighted by Crippen LogP contribution is 2.45. The van der Waals surface area contributed by atoms with E-state index in [4.69, 9.17) is 4.74 Å². The van der Waals surface area contributed by atoms with Crippen LogP contribution in [0.2, 0.25) is 0 Å². The molecule has 0 spiro atoms. The van der Waals surface area contributed by atoms with Gasteiger partial charge in [-0.25, -0.2) is 4.79 Å². The SMILES string of the molecule is O=C(COC(=O)c1cccc(N2C(=O)[C@H]3C[C@@H](c4ccccc4)CC[C@H]3C2=O)c1)Nc1cccc(C(F)(F)F)c1. The molecule has 1 saturated heterocycles. The van der Waals surface area contributed by atoms with Gasteiger partial charge in [0, 0.05) is 5.69 Å². The van der Waals surface area contributed by atoms with E-state index in [2.05, 4.69) is 5.32 Å². The highest BCUT2D eigenvalue weighted by Gasteiger charge is 2.50. The van der Waals surface area contributed by atoms with E-state index in [9.17, 15) is 32.3 Å². The average molecular weight is 551 g/mol. The molecule has 2 fully saturated rings. The van der Waals surface area contributed by atoms with Crippen LogP contribution in [0.25, 0.3) is 0 Å². The van der Waals surface area contributed by atoms with Crippen LogP contribution >= 0.6 is 0 Å². The number of esters is 1. The Hall–Kier alpha value is -4.47. The number of rotatable bonds is 6. The number of carbonyl (C=O) groups is 4. The molecule has 3 atom stereocenters. The first-order chi connectivity index (χ1) is 19.1. The molecule has 0 unspecified atom stereocenters. The van der Waals surface area contributed by atoms with Gasteiger partial charge in [-0.05, 0) is 67.1 Å². The van der Waals surface area contributed by atoms with Gasteiger partial charge in [0.05, 0.1) is 28.7 Å². The molecule has 40 heavy (non-hydrogen) atoms. The highest BCUT2D eigenvalue weighted by atomic mass is 19.4. The van der Waals surface area contributed by atoms with E-state index in [0.717, 1.165) is 35.1 Å². The number of hydrogen-bond acceptors (Lipinski definition) is 5. The third-order valence-electron chi connectivity index (χ3n) is 7.34. The van der Waals surface area contributed by atoms with Crippen molar-refractivity contribution in [3.8, 4) is 0 Å². The quantitative estimate of drug-likeness (QED) is 0.320. The first kappa shape index (κ1) is 27.1. The lowest BCUT2D eigenvalue weighted by atomic mass is 9.73. The number of nitrogens with one attached hydrogen (secondary N) is 1. The van der Waals surface area contributed by atoms with E-state index in [1.165, 1.54) is 24.3 Å². The van der Waals surface area contributed by atoms with Crippen molar-refractivity contribution in [2.75, 3.05) is 16.8 Å². The third kappa shape index (κ3) is 5.61. The number of anilines is 2. The second-order valence-corrected chi connectivity index (χ2v) is 9.90. The van der Waals surface area contributed by atoms with Gasteiger partial charge < -0.3 is 10.1 Å². The van der Waals surface area contributed by atoms with Crippen LogP contribution in [0.15, 0.2) is 78.9 Å². The molecule has 3 aromatic rings. The predicted octanol–water partition coefficient (Wildman–Crippen LogP) is 5.57. The summed E-state index contributed by atoms with van der Waals surface area (Å²) < 4.78 is 43.7. The summed E-state index contributed by atoms with van der Waals surface area (Å²) in [6.07, 6.45) is -2.61. The van der Waals surface area contributed by atoms with Crippen molar-refractivity contribution >= 4 is 35.1 Å². The Morgan fingerprint density at radius 3 is 2.35 bits per heavy atom. The number of halogens is 3. The zero-order valence-electron chi connectivity index (χ0n) is 21.2. The molecule has 1 N–H and O–H groups in total. The minimum atomic E-state index is -4.57. The maximum absolute atomic E-state index is 13.3. The van der Waals surface area contributed by atoms with Gasteiger partial charge in [0.1, 0.15) is 0 Å². The van der Waals surface area contributed by atoms with Crippen molar-refractivity contribution in [1.29, 1.82) is 0 Å². The Balaban J connectivity index is 1.22. The normalized spacial score (nSPS) is 20.7. The average Bonchev–Trinajstić information content (AvgIpc) is 3.20. The number of benzene rings is 3. The number of nitrogens with zero attached hydrogens (tertiary/aromatic N) is 1. The molecule has 3 aromatic carbocycles. The van der Waals surface area contributed by atoms with E-state index in [-0.39, 0.29) is 34.7 Å². The number of carbonyl (C=O) groups excluding carboxylic acids is 4. The third-order valence-corrected chi connectivity index (χ3v) is 7.34. The Bertz CT molecular complexity index is 1460. The Labute approximate surface area is 227 Å². The second kappa shape index (κ2) is 11.0. The number of hydrogen-bond donors (Lipinski definition) is 1. The topological polar surface area (TPSA) is 92.8 Å². The van der Waals surface area contributed by atoms with Crippen LogP contribution in [-0.4, -0.2) is 30.3 Å². The van der Waals surface area contributed by atoms with Crippen molar-refractivity contribution < 1.29 is 37.1 Å². The number of amides is 3. The second-order valence-electron chi connectivity index (χ2n) is 9.90. The molecule has 1 saturated carbocycles. The van der Waals surface area contributed by atoms with E-state index >= 15 is 0 Å². The molecule has 10 heteroatoms. The molecular weight excluding hydrogens is 525 g/mol. The fourth-order valence-corrected chi connectivity index (χ4v) is 5.42.